The Morgan fingerprint density at radius 3 is 2.48 bits per heavy atom. The van der Waals surface area contributed by atoms with E-state index in [1.807, 2.05) is 14.0 Å². The highest BCUT2D eigenvalue weighted by atomic mass is 79.9. The molecule has 0 aliphatic carbocycles. The van der Waals surface area contributed by atoms with E-state index in [0.29, 0.717) is 17.5 Å². The number of rotatable bonds is 4. The Morgan fingerprint density at radius 2 is 1.95 bits per heavy atom. The number of nitrogens with one attached hydrogen (secondary N) is 1. The largest absolute Gasteiger partial charge is 0.313 e. The minimum absolute atomic E-state index is 0.254. The van der Waals surface area contributed by atoms with Gasteiger partial charge in [-0.2, -0.15) is 5.10 Å². The highest BCUT2D eigenvalue weighted by Gasteiger charge is 2.20. The lowest BCUT2D eigenvalue weighted by molar-refractivity contribution is 0.508. The third-order valence-electron chi connectivity index (χ3n) is 3.66. The molecule has 1 aromatic carbocycles. The number of nitrogens with zero attached hydrogens (tertiary/aromatic N) is 2. The Bertz CT molecular complexity index is 667. The van der Waals surface area contributed by atoms with Crippen molar-refractivity contribution < 1.29 is 8.78 Å². The van der Waals surface area contributed by atoms with Crippen molar-refractivity contribution in [2.75, 3.05) is 7.05 Å². The van der Waals surface area contributed by atoms with E-state index in [0.717, 1.165) is 21.9 Å². The van der Waals surface area contributed by atoms with Gasteiger partial charge in [0.2, 0.25) is 0 Å². The summed E-state index contributed by atoms with van der Waals surface area (Å²) in [6.07, 6.45) is 0.552. The molecule has 1 unspecified atom stereocenters. The minimum atomic E-state index is -0.535. The van der Waals surface area contributed by atoms with E-state index < -0.39 is 11.6 Å². The molecule has 0 radical (unpaired) electrons. The summed E-state index contributed by atoms with van der Waals surface area (Å²) in [6, 6.07) is 2.25. The molecular formula is C15H18BrF2N3. The lowest BCUT2D eigenvalue weighted by Crippen LogP contribution is -2.22. The number of aromatic nitrogens is 2. The fourth-order valence-corrected chi connectivity index (χ4v) is 2.91. The van der Waals surface area contributed by atoms with Gasteiger partial charge in [0.05, 0.1) is 15.9 Å². The van der Waals surface area contributed by atoms with E-state index in [1.165, 1.54) is 0 Å². The predicted molar refractivity (Wildman–Crippen MR) is 82.2 cm³/mol. The van der Waals surface area contributed by atoms with Gasteiger partial charge in [0.1, 0.15) is 11.6 Å². The third kappa shape index (κ3) is 3.16. The summed E-state index contributed by atoms with van der Waals surface area (Å²) in [5.41, 5.74) is 2.75. The fourth-order valence-electron chi connectivity index (χ4n) is 2.41. The first-order valence-electron chi connectivity index (χ1n) is 6.66. The van der Waals surface area contributed by atoms with Crippen LogP contribution in [0.15, 0.2) is 16.6 Å². The van der Waals surface area contributed by atoms with Crippen LogP contribution in [0.1, 0.15) is 28.6 Å². The van der Waals surface area contributed by atoms with E-state index in [2.05, 4.69) is 26.3 Å². The average molecular weight is 358 g/mol. The second kappa shape index (κ2) is 6.23. The summed E-state index contributed by atoms with van der Waals surface area (Å²) in [6.45, 7) is 3.54. The first-order chi connectivity index (χ1) is 9.85. The monoisotopic (exact) mass is 357 g/mol. The van der Waals surface area contributed by atoms with Gasteiger partial charge in [-0.3, -0.25) is 4.68 Å². The topological polar surface area (TPSA) is 29.9 Å². The molecule has 2 rings (SSSR count). The molecule has 3 nitrogen and oxygen atoms in total. The Labute approximate surface area is 131 Å². The Kier molecular flexibility index (Phi) is 4.78. The molecule has 2 aromatic rings. The van der Waals surface area contributed by atoms with Crippen molar-refractivity contribution in [1.29, 1.82) is 0 Å². The zero-order valence-corrected chi connectivity index (χ0v) is 14.1. The Morgan fingerprint density at radius 1 is 1.29 bits per heavy atom. The van der Waals surface area contributed by atoms with Crippen molar-refractivity contribution in [2.45, 2.75) is 26.3 Å². The van der Waals surface area contributed by atoms with Crippen LogP contribution in [0.2, 0.25) is 0 Å². The van der Waals surface area contributed by atoms with Crippen LogP contribution in [0.25, 0.3) is 0 Å². The summed E-state index contributed by atoms with van der Waals surface area (Å²) in [5, 5.41) is 7.43. The van der Waals surface area contributed by atoms with E-state index in [-0.39, 0.29) is 6.04 Å². The van der Waals surface area contributed by atoms with Crippen LogP contribution >= 0.6 is 15.9 Å². The molecule has 0 spiro atoms. The maximum Gasteiger partial charge on any atom is 0.130 e. The number of hydrogen-bond acceptors (Lipinski definition) is 2. The zero-order chi connectivity index (χ0) is 15.7. The summed E-state index contributed by atoms with van der Waals surface area (Å²) in [5.74, 6) is -1.06. The maximum atomic E-state index is 14.1. The number of halogens is 3. The van der Waals surface area contributed by atoms with Gasteiger partial charge in [0.25, 0.3) is 0 Å². The third-order valence-corrected chi connectivity index (χ3v) is 4.69. The van der Waals surface area contributed by atoms with Gasteiger partial charge in [-0.15, -0.1) is 0 Å². The molecule has 0 bridgehead atoms. The summed E-state index contributed by atoms with van der Waals surface area (Å²) < 4.78 is 30.2. The smallest absolute Gasteiger partial charge is 0.130 e. The van der Waals surface area contributed by atoms with Gasteiger partial charge in [-0.1, -0.05) is 0 Å². The molecule has 0 aliphatic heterocycles. The molecule has 21 heavy (non-hydrogen) atoms. The van der Waals surface area contributed by atoms with Crippen molar-refractivity contribution >= 4 is 15.9 Å². The first kappa shape index (κ1) is 16.1. The van der Waals surface area contributed by atoms with Crippen LogP contribution in [0.5, 0.6) is 0 Å². The molecule has 0 fully saturated rings. The second-order valence-corrected chi connectivity index (χ2v) is 5.93. The van der Waals surface area contributed by atoms with E-state index in [4.69, 9.17) is 0 Å². The van der Waals surface area contributed by atoms with Gasteiger partial charge >= 0.3 is 0 Å². The molecular weight excluding hydrogens is 340 g/mol. The quantitative estimate of drug-likeness (QED) is 0.906. The molecule has 0 amide bonds. The molecule has 0 saturated heterocycles. The molecule has 6 heteroatoms. The first-order valence-corrected chi connectivity index (χ1v) is 7.45. The summed E-state index contributed by atoms with van der Waals surface area (Å²) in [4.78, 5) is 0. The average Bonchev–Trinajstić information content (AvgIpc) is 2.66. The number of benzene rings is 1. The van der Waals surface area contributed by atoms with Crippen LogP contribution in [-0.2, 0) is 13.5 Å². The van der Waals surface area contributed by atoms with E-state index in [1.54, 1.807) is 24.7 Å². The van der Waals surface area contributed by atoms with Crippen molar-refractivity contribution in [1.82, 2.24) is 15.1 Å². The number of aryl methyl sites for hydroxylation is 3. The second-order valence-electron chi connectivity index (χ2n) is 5.14. The molecule has 0 aliphatic rings. The summed E-state index contributed by atoms with van der Waals surface area (Å²) >= 11 is 3.51. The Balaban J connectivity index is 2.39. The number of likely N-dealkylation sites (N-methyl/N-ethyl adjacent to an activating group) is 1. The molecule has 114 valence electrons. The van der Waals surface area contributed by atoms with Gasteiger partial charge in [0, 0.05) is 31.1 Å². The van der Waals surface area contributed by atoms with Crippen LogP contribution in [0, 0.1) is 25.5 Å². The fraction of sp³-hybridized carbons (Fsp3) is 0.400. The zero-order valence-electron chi connectivity index (χ0n) is 12.5. The number of hydrogen-bond donors (Lipinski definition) is 1. The highest BCUT2D eigenvalue weighted by Crippen LogP contribution is 2.28. The van der Waals surface area contributed by atoms with Gasteiger partial charge in [0.15, 0.2) is 0 Å². The summed E-state index contributed by atoms with van der Waals surface area (Å²) in [7, 11) is 3.62. The lowest BCUT2D eigenvalue weighted by atomic mass is 9.99. The van der Waals surface area contributed by atoms with Crippen LogP contribution < -0.4 is 5.32 Å². The standard InChI is InChI=1S/C15H18BrF2N3/c1-8-5-10(12(18)6-11(8)17)13(19-3)7-14-15(16)9(2)20-21(14)4/h5-6,13,19H,7H2,1-4H3. The van der Waals surface area contributed by atoms with Crippen LogP contribution in [-0.4, -0.2) is 16.8 Å². The molecule has 1 heterocycles. The van der Waals surface area contributed by atoms with Gasteiger partial charge in [-0.05, 0) is 48.5 Å². The Hall–Kier alpha value is -1.27. The van der Waals surface area contributed by atoms with Crippen molar-refractivity contribution in [3.63, 3.8) is 0 Å². The van der Waals surface area contributed by atoms with Crippen molar-refractivity contribution in [3.05, 3.63) is 50.8 Å². The van der Waals surface area contributed by atoms with E-state index in [9.17, 15) is 8.78 Å². The molecule has 1 N–H and O–H groups in total. The maximum absolute atomic E-state index is 14.1. The van der Waals surface area contributed by atoms with E-state index >= 15 is 0 Å². The normalized spacial score (nSPS) is 12.7. The van der Waals surface area contributed by atoms with Crippen molar-refractivity contribution in [2.24, 2.45) is 7.05 Å². The molecule has 0 saturated carbocycles. The van der Waals surface area contributed by atoms with Crippen molar-refractivity contribution in [3.8, 4) is 0 Å². The van der Waals surface area contributed by atoms with Gasteiger partial charge < -0.3 is 5.32 Å². The predicted octanol–water partition coefficient (Wildman–Crippen LogP) is 3.58. The SMILES string of the molecule is CNC(Cc1c(Br)c(C)nn1C)c1cc(C)c(F)cc1F. The molecule has 1 atom stereocenters. The highest BCUT2D eigenvalue weighted by molar-refractivity contribution is 9.10. The lowest BCUT2D eigenvalue weighted by Gasteiger charge is -2.18. The molecule has 1 aromatic heterocycles. The van der Waals surface area contributed by atoms with Crippen LogP contribution in [0.4, 0.5) is 8.78 Å². The van der Waals surface area contributed by atoms with Gasteiger partial charge in [-0.25, -0.2) is 8.78 Å². The minimum Gasteiger partial charge on any atom is -0.313 e. The van der Waals surface area contributed by atoms with Crippen LogP contribution in [0.3, 0.4) is 0 Å².